The van der Waals surface area contributed by atoms with E-state index in [0.29, 0.717) is 11.5 Å². The van der Waals surface area contributed by atoms with E-state index in [9.17, 15) is 5.26 Å². The van der Waals surface area contributed by atoms with Crippen LogP contribution in [-0.2, 0) is 4.74 Å². The molecule has 0 bridgehead atoms. The second-order valence-corrected chi connectivity index (χ2v) is 5.56. The molecule has 1 aromatic rings. The number of ether oxygens (including phenoxy) is 1. The zero-order chi connectivity index (χ0) is 13.2. The molecule has 1 saturated heterocycles. The fourth-order valence-electron chi connectivity index (χ4n) is 2.80. The molecule has 0 N–H and O–H groups in total. The van der Waals surface area contributed by atoms with Crippen molar-refractivity contribution in [2.75, 3.05) is 31.2 Å². The van der Waals surface area contributed by atoms with Gasteiger partial charge in [0.25, 0.3) is 0 Å². The second-order valence-electron chi connectivity index (χ2n) is 5.56. The zero-order valence-electron chi connectivity index (χ0n) is 11.3. The van der Waals surface area contributed by atoms with Crippen LogP contribution >= 0.6 is 0 Å². The average Bonchev–Trinajstić information content (AvgIpc) is 3.24. The summed E-state index contributed by atoms with van der Waals surface area (Å²) >= 11 is 0. The normalized spacial score (nSPS) is 23.8. The Labute approximate surface area is 114 Å². The van der Waals surface area contributed by atoms with Crippen LogP contribution in [0.5, 0.6) is 0 Å². The predicted octanol–water partition coefficient (Wildman–Crippen LogP) is 2.12. The molecule has 1 aliphatic heterocycles. The molecule has 0 aromatic carbocycles. The molecule has 1 saturated carbocycles. The summed E-state index contributed by atoms with van der Waals surface area (Å²) < 4.78 is 5.71. The molecule has 100 valence electrons. The smallest absolute Gasteiger partial charge is 0.146 e. The minimum Gasteiger partial charge on any atom is -0.379 e. The van der Waals surface area contributed by atoms with Crippen molar-refractivity contribution in [3.05, 3.63) is 23.4 Å². The van der Waals surface area contributed by atoms with Gasteiger partial charge in [0.05, 0.1) is 18.8 Å². The molecule has 19 heavy (non-hydrogen) atoms. The Morgan fingerprint density at radius 1 is 1.42 bits per heavy atom. The summed E-state index contributed by atoms with van der Waals surface area (Å²) in [5.41, 5.74) is 1.71. The van der Waals surface area contributed by atoms with Gasteiger partial charge >= 0.3 is 0 Å². The number of hydrogen-bond donors (Lipinski definition) is 0. The highest BCUT2D eigenvalue weighted by atomic mass is 16.5. The van der Waals surface area contributed by atoms with Crippen molar-refractivity contribution < 1.29 is 4.74 Å². The molecule has 0 amide bonds. The van der Waals surface area contributed by atoms with Crippen molar-refractivity contribution in [1.29, 1.82) is 5.26 Å². The highest BCUT2D eigenvalue weighted by Crippen LogP contribution is 2.38. The van der Waals surface area contributed by atoms with Crippen LogP contribution in [0.2, 0.25) is 0 Å². The van der Waals surface area contributed by atoms with E-state index in [1.54, 1.807) is 6.20 Å². The molecule has 3 rings (SSSR count). The first kappa shape index (κ1) is 12.4. The van der Waals surface area contributed by atoms with E-state index >= 15 is 0 Å². The number of pyridine rings is 1. The maximum atomic E-state index is 9.34. The summed E-state index contributed by atoms with van der Waals surface area (Å²) in [4.78, 5) is 6.68. The second kappa shape index (κ2) is 5.18. The summed E-state index contributed by atoms with van der Waals surface area (Å²) in [5.74, 6) is 2.24. The molecular weight excluding hydrogens is 238 g/mol. The van der Waals surface area contributed by atoms with Crippen LogP contribution in [0.15, 0.2) is 12.3 Å². The Kier molecular flexibility index (Phi) is 3.39. The summed E-state index contributed by atoms with van der Waals surface area (Å²) in [6.45, 7) is 5.35. The number of aromatic nitrogens is 1. The minimum atomic E-state index is 0.594. The van der Waals surface area contributed by atoms with Crippen LogP contribution in [0, 0.1) is 30.1 Å². The van der Waals surface area contributed by atoms with Crippen LogP contribution in [-0.4, -0.2) is 31.3 Å². The molecule has 1 aromatic heterocycles. The fraction of sp³-hybridized carbons (Fsp3) is 0.600. The van der Waals surface area contributed by atoms with Gasteiger partial charge in [0.2, 0.25) is 0 Å². The van der Waals surface area contributed by atoms with Crippen molar-refractivity contribution >= 4 is 5.82 Å². The van der Waals surface area contributed by atoms with E-state index in [-0.39, 0.29) is 0 Å². The van der Waals surface area contributed by atoms with E-state index in [1.807, 2.05) is 13.0 Å². The highest BCUT2D eigenvalue weighted by Gasteiger charge is 2.34. The third kappa shape index (κ3) is 2.57. The molecule has 0 radical (unpaired) electrons. The topological polar surface area (TPSA) is 49.2 Å². The number of hydrogen-bond acceptors (Lipinski definition) is 4. The molecule has 2 fully saturated rings. The van der Waals surface area contributed by atoms with Crippen molar-refractivity contribution in [3.8, 4) is 6.07 Å². The first-order valence-corrected chi connectivity index (χ1v) is 6.98. The number of nitrogens with zero attached hydrogens (tertiary/aromatic N) is 3. The lowest BCUT2D eigenvalue weighted by atomic mass is 10.0. The Morgan fingerprint density at radius 2 is 2.26 bits per heavy atom. The molecule has 1 unspecified atom stereocenters. The lowest BCUT2D eigenvalue weighted by Gasteiger charge is -2.25. The average molecular weight is 257 g/mol. The molecule has 2 heterocycles. The lowest BCUT2D eigenvalue weighted by molar-refractivity contribution is 0.117. The van der Waals surface area contributed by atoms with Gasteiger partial charge in [0.15, 0.2) is 0 Å². The Morgan fingerprint density at radius 3 is 3.00 bits per heavy atom. The Hall–Kier alpha value is -1.60. The van der Waals surface area contributed by atoms with Crippen LogP contribution in [0.4, 0.5) is 5.82 Å². The predicted molar refractivity (Wildman–Crippen MR) is 72.9 cm³/mol. The quantitative estimate of drug-likeness (QED) is 0.814. The third-order valence-corrected chi connectivity index (χ3v) is 4.13. The van der Waals surface area contributed by atoms with E-state index in [4.69, 9.17) is 4.74 Å². The monoisotopic (exact) mass is 257 g/mol. The number of aryl methyl sites for hydroxylation is 1. The fourth-order valence-corrected chi connectivity index (χ4v) is 2.80. The number of nitriles is 1. The van der Waals surface area contributed by atoms with Crippen LogP contribution < -0.4 is 4.90 Å². The lowest BCUT2D eigenvalue weighted by Crippen LogP contribution is -2.32. The molecule has 4 heteroatoms. The van der Waals surface area contributed by atoms with Gasteiger partial charge < -0.3 is 9.64 Å². The molecule has 2 aliphatic rings. The van der Waals surface area contributed by atoms with Crippen LogP contribution in [0.3, 0.4) is 0 Å². The SMILES string of the molecule is Cc1ccnc(N2CCOCC(C3CC3)C2)c1C#N. The van der Waals surface area contributed by atoms with Gasteiger partial charge in [-0.1, -0.05) is 0 Å². The van der Waals surface area contributed by atoms with Crippen molar-refractivity contribution in [3.63, 3.8) is 0 Å². The molecule has 1 atom stereocenters. The first-order chi connectivity index (χ1) is 9.29. The van der Waals surface area contributed by atoms with E-state index < -0.39 is 0 Å². The van der Waals surface area contributed by atoms with Gasteiger partial charge in [-0.2, -0.15) is 5.26 Å². The van der Waals surface area contributed by atoms with Crippen LogP contribution in [0.1, 0.15) is 24.0 Å². The summed E-state index contributed by atoms with van der Waals surface area (Å²) in [5, 5.41) is 9.34. The minimum absolute atomic E-state index is 0.594. The zero-order valence-corrected chi connectivity index (χ0v) is 11.3. The number of anilines is 1. The van der Waals surface area contributed by atoms with Gasteiger partial charge in [-0.3, -0.25) is 0 Å². The summed E-state index contributed by atoms with van der Waals surface area (Å²) in [7, 11) is 0. The van der Waals surface area contributed by atoms with Crippen molar-refractivity contribution in [2.45, 2.75) is 19.8 Å². The van der Waals surface area contributed by atoms with Crippen molar-refractivity contribution in [2.24, 2.45) is 11.8 Å². The van der Waals surface area contributed by atoms with Gasteiger partial charge in [0.1, 0.15) is 11.9 Å². The van der Waals surface area contributed by atoms with E-state index in [1.165, 1.54) is 12.8 Å². The first-order valence-electron chi connectivity index (χ1n) is 6.98. The standard InChI is InChI=1S/C15H19N3O/c1-11-4-5-17-15(14(11)8-16)18-6-7-19-10-13(9-18)12-2-3-12/h4-5,12-13H,2-3,6-7,9-10H2,1H3. The number of rotatable bonds is 2. The Balaban J connectivity index is 1.87. The Bertz CT molecular complexity index is 505. The third-order valence-electron chi connectivity index (χ3n) is 4.13. The molecule has 0 spiro atoms. The van der Waals surface area contributed by atoms with Gasteiger partial charge in [-0.05, 0) is 37.3 Å². The molecular formula is C15H19N3O. The van der Waals surface area contributed by atoms with Gasteiger partial charge in [-0.25, -0.2) is 4.98 Å². The molecule has 1 aliphatic carbocycles. The van der Waals surface area contributed by atoms with Gasteiger partial charge in [0, 0.05) is 25.2 Å². The maximum Gasteiger partial charge on any atom is 0.146 e. The van der Waals surface area contributed by atoms with Gasteiger partial charge in [-0.15, -0.1) is 0 Å². The summed E-state index contributed by atoms with van der Waals surface area (Å²) in [6, 6.07) is 4.19. The highest BCUT2D eigenvalue weighted by molar-refractivity contribution is 5.57. The maximum absolute atomic E-state index is 9.34. The van der Waals surface area contributed by atoms with Crippen molar-refractivity contribution in [1.82, 2.24) is 4.98 Å². The largest absolute Gasteiger partial charge is 0.379 e. The van der Waals surface area contributed by atoms with E-state index in [0.717, 1.165) is 43.6 Å². The summed E-state index contributed by atoms with van der Waals surface area (Å²) in [6.07, 6.45) is 4.45. The molecule has 4 nitrogen and oxygen atoms in total. The van der Waals surface area contributed by atoms with E-state index in [2.05, 4.69) is 16.0 Å². The van der Waals surface area contributed by atoms with Crippen LogP contribution in [0.25, 0.3) is 0 Å².